The van der Waals surface area contributed by atoms with Crippen molar-refractivity contribution < 1.29 is 31.5 Å². The highest BCUT2D eigenvalue weighted by molar-refractivity contribution is 5.93. The molecule has 1 saturated carbocycles. The number of carbonyl (C=O) groups is 1. The Balaban J connectivity index is 1.25. The Morgan fingerprint density at radius 1 is 1.35 bits per heavy atom. The van der Waals surface area contributed by atoms with Crippen molar-refractivity contribution in [3.63, 3.8) is 0 Å². The first-order valence-electron chi connectivity index (χ1n) is 9.36. The van der Waals surface area contributed by atoms with Gasteiger partial charge < -0.3 is 14.1 Å². The van der Waals surface area contributed by atoms with Gasteiger partial charge in [0.1, 0.15) is 17.2 Å². The molecule has 0 spiro atoms. The molecular weight excluding hydrogens is 422 g/mol. The molecule has 1 aliphatic rings. The molecule has 3 aromatic rings. The van der Waals surface area contributed by atoms with Crippen molar-refractivity contribution in [2.24, 2.45) is 0 Å². The first-order chi connectivity index (χ1) is 14.7. The van der Waals surface area contributed by atoms with Crippen molar-refractivity contribution in [1.82, 2.24) is 24.9 Å². The average Bonchev–Trinajstić information content (AvgIpc) is 3.28. The third-order valence-electron chi connectivity index (χ3n) is 4.81. The quantitative estimate of drug-likeness (QED) is 0.566. The Hall–Kier alpha value is -3.28. The highest BCUT2D eigenvalue weighted by atomic mass is 19.4. The molecule has 0 aromatic carbocycles. The number of pyridine rings is 1. The predicted molar refractivity (Wildman–Crippen MR) is 97.3 cm³/mol. The zero-order valence-corrected chi connectivity index (χ0v) is 16.0. The summed E-state index contributed by atoms with van der Waals surface area (Å²) in [7, 11) is 0. The first-order valence-corrected chi connectivity index (χ1v) is 9.36. The lowest BCUT2D eigenvalue weighted by atomic mass is 9.82. The molecule has 1 amide bonds. The van der Waals surface area contributed by atoms with Crippen LogP contribution in [0.3, 0.4) is 0 Å². The van der Waals surface area contributed by atoms with Crippen molar-refractivity contribution in [3.05, 3.63) is 60.1 Å². The zero-order valence-electron chi connectivity index (χ0n) is 16.0. The molecule has 4 rings (SSSR count). The number of rotatable bonds is 7. The van der Waals surface area contributed by atoms with Crippen molar-refractivity contribution >= 4 is 11.6 Å². The SMILES string of the molecule is C=C(CCc1nnc([C@H]2C[C@@H](OC(F)(F)F)C2)o1)NC(=O)c1cn2ccc(F)cc2n1. The van der Waals surface area contributed by atoms with Gasteiger partial charge >= 0.3 is 6.36 Å². The maximum Gasteiger partial charge on any atom is 0.522 e. The van der Waals surface area contributed by atoms with Crippen molar-refractivity contribution in [3.8, 4) is 0 Å². The van der Waals surface area contributed by atoms with Gasteiger partial charge in [-0.25, -0.2) is 9.37 Å². The molecular formula is C19H17F4N5O3. The lowest BCUT2D eigenvalue weighted by Crippen LogP contribution is -2.34. The molecule has 0 bridgehead atoms. The summed E-state index contributed by atoms with van der Waals surface area (Å²) in [6.45, 7) is 3.78. The van der Waals surface area contributed by atoms with Crippen LogP contribution in [0.1, 0.15) is 47.5 Å². The Bertz CT molecular complexity index is 1120. The fourth-order valence-electron chi connectivity index (χ4n) is 3.20. The number of nitrogens with one attached hydrogen (secondary N) is 1. The first kappa shape index (κ1) is 21.0. The van der Waals surface area contributed by atoms with E-state index in [0.29, 0.717) is 17.8 Å². The average molecular weight is 439 g/mol. The van der Waals surface area contributed by atoms with Gasteiger partial charge in [0, 0.05) is 36.5 Å². The molecule has 1 fully saturated rings. The number of aryl methyl sites for hydroxylation is 1. The van der Waals surface area contributed by atoms with Crippen LogP contribution in [0.15, 0.2) is 41.2 Å². The minimum Gasteiger partial charge on any atom is -0.425 e. The van der Waals surface area contributed by atoms with Gasteiger partial charge in [0.05, 0.1) is 6.10 Å². The number of nitrogens with zero attached hydrogens (tertiary/aromatic N) is 4. The second kappa shape index (κ2) is 8.10. The molecule has 0 saturated heterocycles. The summed E-state index contributed by atoms with van der Waals surface area (Å²) >= 11 is 0. The topological polar surface area (TPSA) is 94.5 Å². The van der Waals surface area contributed by atoms with Gasteiger partial charge in [-0.05, 0) is 25.3 Å². The number of carbonyl (C=O) groups excluding carboxylic acids is 1. The predicted octanol–water partition coefficient (Wildman–Crippen LogP) is 3.52. The summed E-state index contributed by atoms with van der Waals surface area (Å²) in [5.41, 5.74) is 0.788. The number of hydrogen-bond donors (Lipinski definition) is 1. The third-order valence-corrected chi connectivity index (χ3v) is 4.81. The van der Waals surface area contributed by atoms with E-state index in [4.69, 9.17) is 4.42 Å². The fourth-order valence-corrected chi connectivity index (χ4v) is 3.20. The van der Waals surface area contributed by atoms with Crippen LogP contribution >= 0.6 is 0 Å². The molecule has 31 heavy (non-hydrogen) atoms. The molecule has 3 aromatic heterocycles. The van der Waals surface area contributed by atoms with Crippen LogP contribution in [-0.4, -0.2) is 38.0 Å². The monoisotopic (exact) mass is 439 g/mol. The van der Waals surface area contributed by atoms with Crippen molar-refractivity contribution in [2.45, 2.75) is 44.1 Å². The lowest BCUT2D eigenvalue weighted by Gasteiger charge is -2.32. The maximum atomic E-state index is 13.2. The smallest absolute Gasteiger partial charge is 0.425 e. The van der Waals surface area contributed by atoms with E-state index in [1.807, 2.05) is 0 Å². The Morgan fingerprint density at radius 2 is 2.13 bits per heavy atom. The molecule has 0 radical (unpaired) electrons. The molecule has 164 valence electrons. The van der Waals surface area contributed by atoms with Crippen molar-refractivity contribution in [1.29, 1.82) is 0 Å². The van der Waals surface area contributed by atoms with E-state index >= 15 is 0 Å². The van der Waals surface area contributed by atoms with E-state index in [1.165, 1.54) is 28.9 Å². The van der Waals surface area contributed by atoms with Gasteiger partial charge in [-0.3, -0.25) is 9.53 Å². The summed E-state index contributed by atoms with van der Waals surface area (Å²) < 4.78 is 60.7. The van der Waals surface area contributed by atoms with Gasteiger partial charge in [0.15, 0.2) is 0 Å². The van der Waals surface area contributed by atoms with E-state index < -0.39 is 24.2 Å². The second-order valence-corrected chi connectivity index (χ2v) is 7.18. The van der Waals surface area contributed by atoms with Crippen LogP contribution in [-0.2, 0) is 11.2 Å². The van der Waals surface area contributed by atoms with Gasteiger partial charge in [0.25, 0.3) is 5.91 Å². The molecule has 12 heteroatoms. The molecule has 8 nitrogen and oxygen atoms in total. The summed E-state index contributed by atoms with van der Waals surface area (Å²) in [5.74, 6) is -0.669. The standard InChI is InChI=1S/C19H17F4N5O3/c1-10(24-17(29)14-9-28-5-4-12(20)8-15(28)25-14)2-3-16-26-27-18(30-16)11-6-13(7-11)31-19(21,22)23/h4-5,8-9,11,13H,1-3,6-7H2,(H,24,29)/t11-,13+. The van der Waals surface area contributed by atoms with E-state index in [2.05, 4.69) is 31.8 Å². The number of allylic oxidation sites excluding steroid dienone is 1. The zero-order chi connectivity index (χ0) is 22.2. The van der Waals surface area contributed by atoms with Gasteiger partial charge in [-0.15, -0.1) is 23.4 Å². The summed E-state index contributed by atoms with van der Waals surface area (Å²) in [6.07, 6.45) is -1.71. The minimum absolute atomic E-state index is 0.104. The van der Waals surface area contributed by atoms with Crippen LogP contribution in [0.2, 0.25) is 0 Å². The summed E-state index contributed by atoms with van der Waals surface area (Å²) in [6, 6.07) is 2.46. The number of alkyl halides is 3. The normalized spacial score (nSPS) is 18.7. The molecule has 1 aliphatic carbocycles. The van der Waals surface area contributed by atoms with Crippen molar-refractivity contribution in [2.75, 3.05) is 0 Å². The van der Waals surface area contributed by atoms with Gasteiger partial charge in [0.2, 0.25) is 11.8 Å². The molecule has 3 heterocycles. The van der Waals surface area contributed by atoms with E-state index in [9.17, 15) is 22.4 Å². The molecule has 0 aliphatic heterocycles. The van der Waals surface area contributed by atoms with Crippen LogP contribution in [0.25, 0.3) is 5.65 Å². The van der Waals surface area contributed by atoms with Crippen LogP contribution in [0.5, 0.6) is 0 Å². The van der Waals surface area contributed by atoms with E-state index in [-0.39, 0.29) is 42.7 Å². The van der Waals surface area contributed by atoms with E-state index in [0.717, 1.165) is 0 Å². The van der Waals surface area contributed by atoms with Crippen LogP contribution in [0.4, 0.5) is 17.6 Å². The number of halogens is 4. The van der Waals surface area contributed by atoms with Crippen LogP contribution < -0.4 is 5.32 Å². The fraction of sp³-hybridized carbons (Fsp3) is 0.368. The van der Waals surface area contributed by atoms with E-state index in [1.54, 1.807) is 0 Å². The molecule has 1 N–H and O–H groups in total. The summed E-state index contributed by atoms with van der Waals surface area (Å²) in [4.78, 5) is 16.4. The number of amides is 1. The number of aromatic nitrogens is 4. The second-order valence-electron chi connectivity index (χ2n) is 7.18. The van der Waals surface area contributed by atoms with Gasteiger partial charge in [-0.2, -0.15) is 0 Å². The van der Waals surface area contributed by atoms with Crippen LogP contribution in [0, 0.1) is 5.82 Å². The Labute approximate surface area is 172 Å². The lowest BCUT2D eigenvalue weighted by molar-refractivity contribution is -0.352. The highest BCUT2D eigenvalue weighted by Crippen LogP contribution is 2.40. The maximum absolute atomic E-state index is 13.2. The minimum atomic E-state index is -4.65. The Kier molecular flexibility index (Phi) is 5.48. The number of imidazole rings is 1. The highest BCUT2D eigenvalue weighted by Gasteiger charge is 2.42. The van der Waals surface area contributed by atoms with Gasteiger partial charge in [-0.1, -0.05) is 6.58 Å². The number of fused-ring (bicyclic) bond motifs is 1. The number of hydrogen-bond acceptors (Lipinski definition) is 6. The summed E-state index contributed by atoms with van der Waals surface area (Å²) in [5, 5.41) is 10.4. The molecule has 0 atom stereocenters. The third kappa shape index (κ3) is 5.08. The largest absolute Gasteiger partial charge is 0.522 e. The molecule has 0 unspecified atom stereocenters. The Morgan fingerprint density at radius 3 is 2.87 bits per heavy atom. The number of ether oxygens (including phenoxy) is 1.